The minimum atomic E-state index is -4.08. The van der Waals surface area contributed by atoms with Crippen molar-refractivity contribution in [1.29, 1.82) is 0 Å². The van der Waals surface area contributed by atoms with E-state index in [-0.39, 0.29) is 22.8 Å². The Morgan fingerprint density at radius 1 is 1.14 bits per heavy atom. The van der Waals surface area contributed by atoms with Gasteiger partial charge in [0.05, 0.1) is 10.6 Å². The highest BCUT2D eigenvalue weighted by Crippen LogP contribution is 2.31. The molecule has 0 bridgehead atoms. The second-order valence-electron chi connectivity index (χ2n) is 6.52. The number of nitrogens with one attached hydrogen (secondary N) is 1. The van der Waals surface area contributed by atoms with E-state index < -0.39 is 21.5 Å². The summed E-state index contributed by atoms with van der Waals surface area (Å²) in [6.45, 7) is 1.62. The molecule has 9 heteroatoms. The number of rotatable bonds is 8. The number of sulfonamides is 1. The second kappa shape index (κ2) is 8.32. The van der Waals surface area contributed by atoms with Crippen LogP contribution in [0, 0.1) is 0 Å². The molecule has 2 aromatic heterocycles. The summed E-state index contributed by atoms with van der Waals surface area (Å²) in [5.74, 6) is -1.22. The highest BCUT2D eigenvalue weighted by molar-refractivity contribution is 7.91. The summed E-state index contributed by atoms with van der Waals surface area (Å²) in [5.41, 5.74) is -0.483. The number of pyridine rings is 1. The predicted molar refractivity (Wildman–Crippen MR) is 110 cm³/mol. The Bertz CT molecular complexity index is 1100. The maximum atomic E-state index is 13.0. The van der Waals surface area contributed by atoms with E-state index in [2.05, 4.69) is 9.71 Å². The van der Waals surface area contributed by atoms with Gasteiger partial charge in [0.1, 0.15) is 15.5 Å². The summed E-state index contributed by atoms with van der Waals surface area (Å²) in [4.78, 5) is 17.0. The zero-order valence-electron chi connectivity index (χ0n) is 15.6. The van der Waals surface area contributed by atoms with Crippen molar-refractivity contribution >= 4 is 27.3 Å². The fourth-order valence-corrected chi connectivity index (χ4v) is 5.60. The number of hydrogen-bond acceptors (Lipinski definition) is 6. The van der Waals surface area contributed by atoms with Gasteiger partial charge in [0, 0.05) is 12.6 Å². The number of phenolic OH excluding ortho intramolecular Hbond substituents is 1. The molecule has 0 radical (unpaired) electrons. The molecule has 3 rings (SSSR count). The van der Waals surface area contributed by atoms with E-state index >= 15 is 0 Å². The minimum absolute atomic E-state index is 0.0166. The Hall–Kier alpha value is -2.75. The molecule has 29 heavy (non-hydrogen) atoms. The number of aromatic nitrogens is 1. The molecule has 0 aliphatic rings. The normalized spacial score (nSPS) is 13.7. The van der Waals surface area contributed by atoms with Gasteiger partial charge in [-0.15, -0.1) is 11.3 Å². The SMILES string of the molecule is CC[C@@](Cc1ccc(O)cc1)(NS(=O)(=O)c1ccc(-c2ccccn2)s1)C(=O)O. The highest BCUT2D eigenvalue weighted by Gasteiger charge is 2.41. The lowest BCUT2D eigenvalue weighted by molar-refractivity contribution is -0.144. The molecule has 1 atom stereocenters. The van der Waals surface area contributed by atoms with Gasteiger partial charge < -0.3 is 10.2 Å². The van der Waals surface area contributed by atoms with Crippen LogP contribution in [0.3, 0.4) is 0 Å². The zero-order chi connectivity index (χ0) is 21.1. The molecule has 0 aliphatic heterocycles. The Labute approximate surface area is 172 Å². The van der Waals surface area contributed by atoms with Crippen molar-refractivity contribution in [3.05, 3.63) is 66.4 Å². The highest BCUT2D eigenvalue weighted by atomic mass is 32.2. The summed E-state index contributed by atoms with van der Waals surface area (Å²) in [6.07, 6.45) is 1.60. The van der Waals surface area contributed by atoms with E-state index in [0.717, 1.165) is 11.3 Å². The van der Waals surface area contributed by atoms with Crippen LogP contribution in [0.15, 0.2) is 65.0 Å². The van der Waals surface area contributed by atoms with Gasteiger partial charge in [0.15, 0.2) is 0 Å². The molecule has 0 amide bonds. The Morgan fingerprint density at radius 2 is 1.86 bits per heavy atom. The zero-order valence-corrected chi connectivity index (χ0v) is 17.2. The molecule has 0 unspecified atom stereocenters. The average molecular weight is 433 g/mol. The topological polar surface area (TPSA) is 117 Å². The smallest absolute Gasteiger partial charge is 0.325 e. The standard InChI is InChI=1S/C20H20N2O5S2/c1-2-20(19(24)25,13-14-6-8-15(23)9-7-14)22-29(26,27)18-11-10-17(28-18)16-5-3-4-12-21-16/h3-12,22-23H,2,13H2,1H3,(H,24,25)/t20-/m0/s1. The average Bonchev–Trinajstić information content (AvgIpc) is 3.21. The van der Waals surface area contributed by atoms with E-state index in [1.807, 2.05) is 0 Å². The summed E-state index contributed by atoms with van der Waals surface area (Å²) < 4.78 is 28.4. The van der Waals surface area contributed by atoms with Crippen molar-refractivity contribution in [2.24, 2.45) is 0 Å². The molecule has 3 N–H and O–H groups in total. The number of aromatic hydroxyl groups is 1. The fraction of sp³-hybridized carbons (Fsp3) is 0.200. The summed E-state index contributed by atoms with van der Waals surface area (Å²) in [5, 5.41) is 19.3. The summed E-state index contributed by atoms with van der Waals surface area (Å²) >= 11 is 1.03. The molecule has 1 aromatic carbocycles. The minimum Gasteiger partial charge on any atom is -0.508 e. The lowest BCUT2D eigenvalue weighted by Crippen LogP contribution is -2.55. The Morgan fingerprint density at radius 3 is 2.45 bits per heavy atom. The van der Waals surface area contributed by atoms with Gasteiger partial charge in [-0.2, -0.15) is 4.72 Å². The molecule has 2 heterocycles. The number of phenols is 1. The van der Waals surface area contributed by atoms with E-state index in [1.54, 1.807) is 49.5 Å². The first-order chi connectivity index (χ1) is 13.8. The molecule has 7 nitrogen and oxygen atoms in total. The van der Waals surface area contributed by atoms with E-state index in [4.69, 9.17) is 0 Å². The van der Waals surface area contributed by atoms with Crippen LogP contribution >= 0.6 is 11.3 Å². The first-order valence-electron chi connectivity index (χ1n) is 8.82. The lowest BCUT2D eigenvalue weighted by atomic mass is 9.89. The van der Waals surface area contributed by atoms with Crippen molar-refractivity contribution in [3.8, 4) is 16.3 Å². The monoisotopic (exact) mass is 432 g/mol. The number of aliphatic carboxylic acids is 1. The lowest BCUT2D eigenvalue weighted by Gasteiger charge is -2.29. The third-order valence-corrected chi connectivity index (χ3v) is 7.68. The molecule has 152 valence electrons. The van der Waals surface area contributed by atoms with E-state index in [9.17, 15) is 23.4 Å². The third kappa shape index (κ3) is 4.64. The summed E-state index contributed by atoms with van der Waals surface area (Å²) in [7, 11) is -4.08. The number of nitrogens with zero attached hydrogens (tertiary/aromatic N) is 1. The van der Waals surface area contributed by atoms with Crippen LogP contribution in [0.5, 0.6) is 5.75 Å². The molecular formula is C20H20N2O5S2. The maximum absolute atomic E-state index is 13.0. The molecule has 0 saturated carbocycles. The van der Waals surface area contributed by atoms with Gasteiger partial charge in [0.2, 0.25) is 0 Å². The maximum Gasteiger partial charge on any atom is 0.325 e. The van der Waals surface area contributed by atoms with Crippen LogP contribution in [-0.2, 0) is 21.2 Å². The number of carbonyl (C=O) groups is 1. The third-order valence-electron chi connectivity index (χ3n) is 4.55. The van der Waals surface area contributed by atoms with Crippen molar-refractivity contribution in [2.75, 3.05) is 0 Å². The van der Waals surface area contributed by atoms with Crippen LogP contribution in [0.4, 0.5) is 0 Å². The van der Waals surface area contributed by atoms with Crippen LogP contribution < -0.4 is 4.72 Å². The molecule has 0 spiro atoms. The number of carboxylic acids is 1. The van der Waals surface area contributed by atoms with Gasteiger partial charge in [-0.05, 0) is 48.4 Å². The quantitative estimate of drug-likeness (QED) is 0.503. The molecule has 0 saturated heterocycles. The van der Waals surface area contributed by atoms with Gasteiger partial charge in [-0.1, -0.05) is 25.1 Å². The Balaban J connectivity index is 1.91. The van der Waals surface area contributed by atoms with Gasteiger partial charge >= 0.3 is 5.97 Å². The number of benzene rings is 1. The van der Waals surface area contributed by atoms with E-state index in [1.165, 1.54) is 18.2 Å². The first-order valence-corrected chi connectivity index (χ1v) is 11.1. The van der Waals surface area contributed by atoms with Gasteiger partial charge in [-0.25, -0.2) is 8.42 Å². The predicted octanol–water partition coefficient (Wildman–Crippen LogP) is 3.27. The van der Waals surface area contributed by atoms with Crippen LogP contribution in [0.25, 0.3) is 10.6 Å². The molecule has 0 aliphatic carbocycles. The van der Waals surface area contributed by atoms with Crippen LogP contribution in [0.1, 0.15) is 18.9 Å². The van der Waals surface area contributed by atoms with Crippen molar-refractivity contribution in [2.45, 2.75) is 29.5 Å². The van der Waals surface area contributed by atoms with Crippen LogP contribution in [0.2, 0.25) is 0 Å². The van der Waals surface area contributed by atoms with Crippen molar-refractivity contribution < 1.29 is 23.4 Å². The van der Waals surface area contributed by atoms with Gasteiger partial charge in [-0.3, -0.25) is 9.78 Å². The number of carboxylic acid groups (broad SMARTS) is 1. The second-order valence-corrected chi connectivity index (χ2v) is 9.52. The van der Waals surface area contributed by atoms with E-state index in [0.29, 0.717) is 16.1 Å². The van der Waals surface area contributed by atoms with Crippen LogP contribution in [-0.4, -0.2) is 35.1 Å². The fourth-order valence-electron chi connectivity index (χ4n) is 2.88. The molecule has 0 fully saturated rings. The largest absolute Gasteiger partial charge is 0.508 e. The van der Waals surface area contributed by atoms with Crippen molar-refractivity contribution in [3.63, 3.8) is 0 Å². The van der Waals surface area contributed by atoms with Crippen molar-refractivity contribution in [1.82, 2.24) is 9.71 Å². The number of hydrogen-bond donors (Lipinski definition) is 3. The molecule has 3 aromatic rings. The first kappa shape index (κ1) is 21.0. The Kier molecular flexibility index (Phi) is 6.02. The molecular weight excluding hydrogens is 412 g/mol. The summed E-state index contributed by atoms with van der Waals surface area (Å²) in [6, 6.07) is 14.4. The number of thiophene rings is 1. The van der Waals surface area contributed by atoms with Gasteiger partial charge in [0.25, 0.3) is 10.0 Å².